The second kappa shape index (κ2) is 51.8. The van der Waals surface area contributed by atoms with Crippen LogP contribution in [0.15, 0.2) is 0 Å². The van der Waals surface area contributed by atoms with Gasteiger partial charge in [0.1, 0.15) is 13.2 Å². The summed E-state index contributed by atoms with van der Waals surface area (Å²) in [6, 6.07) is 0. The van der Waals surface area contributed by atoms with Crippen molar-refractivity contribution in [2.45, 2.75) is 336 Å². The van der Waals surface area contributed by atoms with Gasteiger partial charge < -0.3 is 14.2 Å². The summed E-state index contributed by atoms with van der Waals surface area (Å²) in [5.74, 6) is 0.913. The lowest BCUT2D eigenvalue weighted by atomic mass is 9.99. The number of carbonyl (C=O) groups is 3. The maximum absolute atomic E-state index is 12.8. The summed E-state index contributed by atoms with van der Waals surface area (Å²) >= 11 is 0. The van der Waals surface area contributed by atoms with E-state index in [0.29, 0.717) is 19.3 Å². The minimum absolute atomic E-state index is 0.0631. The highest BCUT2D eigenvalue weighted by atomic mass is 16.6. The van der Waals surface area contributed by atoms with E-state index in [1.165, 1.54) is 218 Å². The Bertz CT molecular complexity index is 997. The van der Waals surface area contributed by atoms with E-state index in [1.807, 2.05) is 0 Å². The van der Waals surface area contributed by atoms with Crippen LogP contribution in [-0.2, 0) is 28.6 Å². The van der Waals surface area contributed by atoms with Crippen molar-refractivity contribution < 1.29 is 28.6 Å². The number of hydrogen-bond acceptors (Lipinski definition) is 6. The Morgan fingerprint density at radius 2 is 0.538 bits per heavy atom. The molecular weight excluding hydrogens is 805 g/mol. The zero-order chi connectivity index (χ0) is 47.5. The van der Waals surface area contributed by atoms with Gasteiger partial charge in [-0.2, -0.15) is 0 Å². The number of hydrogen-bond donors (Lipinski definition) is 0. The molecule has 0 N–H and O–H groups in total. The SMILES string of the molecule is CCCCCCCCCCCCCCCC(=O)OC[C@H](COC(=O)CCCCCCCCCCCCCCCCCCCCC(C)CC)OC(=O)CCCCCCCCCCC(C)CC. The van der Waals surface area contributed by atoms with Gasteiger partial charge >= 0.3 is 17.9 Å². The first kappa shape index (κ1) is 63.4. The molecule has 0 saturated heterocycles. The third-order valence-corrected chi connectivity index (χ3v) is 14.2. The molecule has 0 spiro atoms. The lowest BCUT2D eigenvalue weighted by Gasteiger charge is -2.18. The van der Waals surface area contributed by atoms with Crippen LogP contribution in [0.5, 0.6) is 0 Å². The standard InChI is InChI=1S/C59H114O6/c1-6-9-10-11-12-13-14-21-25-28-34-39-44-49-57(60)63-52-56(65-59(62)51-46-41-36-31-30-33-38-43-48-55(5)8-3)53-64-58(61)50-45-40-35-29-26-23-20-18-16-15-17-19-22-24-27-32-37-42-47-54(4)7-2/h54-56H,6-53H2,1-5H3/t54?,55?,56-/m1/s1. The highest BCUT2D eigenvalue weighted by Gasteiger charge is 2.19. The van der Waals surface area contributed by atoms with E-state index in [-0.39, 0.29) is 31.1 Å². The molecule has 6 nitrogen and oxygen atoms in total. The van der Waals surface area contributed by atoms with Gasteiger partial charge in [-0.25, -0.2) is 0 Å². The van der Waals surface area contributed by atoms with Crippen molar-refractivity contribution in [3.63, 3.8) is 0 Å². The second-order valence-corrected chi connectivity index (χ2v) is 20.8. The first-order valence-electron chi connectivity index (χ1n) is 29.3. The molecule has 0 fully saturated rings. The van der Waals surface area contributed by atoms with E-state index in [9.17, 15) is 14.4 Å². The summed E-state index contributed by atoms with van der Waals surface area (Å²) in [7, 11) is 0. The Hall–Kier alpha value is -1.59. The predicted molar refractivity (Wildman–Crippen MR) is 280 cm³/mol. The molecule has 0 heterocycles. The minimum atomic E-state index is -0.763. The molecule has 2 unspecified atom stereocenters. The monoisotopic (exact) mass is 919 g/mol. The molecular formula is C59H114O6. The summed E-state index contributed by atoms with van der Waals surface area (Å²) in [5.41, 5.74) is 0. The third-order valence-electron chi connectivity index (χ3n) is 14.2. The van der Waals surface area contributed by atoms with E-state index in [2.05, 4.69) is 34.6 Å². The van der Waals surface area contributed by atoms with E-state index in [4.69, 9.17) is 14.2 Å². The Morgan fingerprint density at radius 1 is 0.308 bits per heavy atom. The molecule has 0 amide bonds. The fourth-order valence-electron chi connectivity index (χ4n) is 8.99. The zero-order valence-corrected chi connectivity index (χ0v) is 44.6. The number of carbonyl (C=O) groups excluding carboxylic acids is 3. The van der Waals surface area contributed by atoms with Crippen LogP contribution in [0, 0.1) is 11.8 Å². The van der Waals surface area contributed by atoms with Gasteiger partial charge in [-0.3, -0.25) is 14.4 Å². The summed E-state index contributed by atoms with van der Waals surface area (Å²) < 4.78 is 16.9. The number of esters is 3. The first-order chi connectivity index (χ1) is 31.8. The van der Waals surface area contributed by atoms with Gasteiger partial charge in [0.2, 0.25) is 0 Å². The van der Waals surface area contributed by atoms with Crippen LogP contribution in [0.4, 0.5) is 0 Å². The molecule has 3 atom stereocenters. The molecule has 0 aromatic carbocycles. The van der Waals surface area contributed by atoms with Crippen molar-refractivity contribution in [2.75, 3.05) is 13.2 Å². The summed E-state index contributed by atoms with van der Waals surface area (Å²) in [5, 5.41) is 0. The number of ether oxygens (including phenoxy) is 3. The van der Waals surface area contributed by atoms with Gasteiger partial charge in [0.15, 0.2) is 6.10 Å². The van der Waals surface area contributed by atoms with Crippen LogP contribution in [0.2, 0.25) is 0 Å². The van der Waals surface area contributed by atoms with Gasteiger partial charge in [0.25, 0.3) is 0 Å². The summed E-state index contributed by atoms with van der Waals surface area (Å²) in [6.45, 7) is 11.5. The fraction of sp³-hybridized carbons (Fsp3) is 0.949. The third kappa shape index (κ3) is 50.1. The van der Waals surface area contributed by atoms with Gasteiger partial charge in [-0.05, 0) is 31.1 Å². The molecule has 0 radical (unpaired) electrons. The van der Waals surface area contributed by atoms with E-state index in [0.717, 1.165) is 69.6 Å². The van der Waals surface area contributed by atoms with Crippen LogP contribution in [0.25, 0.3) is 0 Å². The Morgan fingerprint density at radius 3 is 0.800 bits per heavy atom. The maximum Gasteiger partial charge on any atom is 0.306 e. The molecule has 0 rings (SSSR count). The van der Waals surface area contributed by atoms with E-state index < -0.39 is 6.10 Å². The van der Waals surface area contributed by atoms with Crippen molar-refractivity contribution >= 4 is 17.9 Å². The number of rotatable bonds is 53. The predicted octanol–water partition coefficient (Wildman–Crippen LogP) is 19.3. The smallest absolute Gasteiger partial charge is 0.306 e. The van der Waals surface area contributed by atoms with Crippen molar-refractivity contribution in [1.29, 1.82) is 0 Å². The molecule has 0 saturated carbocycles. The topological polar surface area (TPSA) is 78.9 Å². The average molecular weight is 920 g/mol. The maximum atomic E-state index is 12.8. The number of unbranched alkanes of at least 4 members (excludes halogenated alkanes) is 36. The van der Waals surface area contributed by atoms with E-state index in [1.54, 1.807) is 0 Å². The van der Waals surface area contributed by atoms with Gasteiger partial charge in [0.05, 0.1) is 0 Å². The molecule has 0 aromatic heterocycles. The van der Waals surface area contributed by atoms with Crippen molar-refractivity contribution in [2.24, 2.45) is 11.8 Å². The molecule has 0 aliphatic heterocycles. The Kier molecular flexibility index (Phi) is 50.5. The summed E-state index contributed by atoms with van der Waals surface area (Å²) in [6.07, 6.45) is 55.2. The molecule has 0 bridgehead atoms. The van der Waals surface area contributed by atoms with Crippen LogP contribution in [-0.4, -0.2) is 37.2 Å². The molecule has 0 aliphatic carbocycles. The average Bonchev–Trinajstić information content (AvgIpc) is 3.30. The molecule has 65 heavy (non-hydrogen) atoms. The molecule has 386 valence electrons. The van der Waals surface area contributed by atoms with Crippen LogP contribution in [0.1, 0.15) is 330 Å². The largest absolute Gasteiger partial charge is 0.462 e. The summed E-state index contributed by atoms with van der Waals surface area (Å²) in [4.78, 5) is 38.1. The van der Waals surface area contributed by atoms with Crippen molar-refractivity contribution in [3.05, 3.63) is 0 Å². The van der Waals surface area contributed by atoms with Crippen molar-refractivity contribution in [3.8, 4) is 0 Å². The highest BCUT2D eigenvalue weighted by molar-refractivity contribution is 5.71. The van der Waals surface area contributed by atoms with Crippen LogP contribution >= 0.6 is 0 Å². The van der Waals surface area contributed by atoms with Crippen LogP contribution < -0.4 is 0 Å². The lowest BCUT2D eigenvalue weighted by Crippen LogP contribution is -2.30. The van der Waals surface area contributed by atoms with Gasteiger partial charge in [-0.15, -0.1) is 0 Å². The minimum Gasteiger partial charge on any atom is -0.462 e. The quantitative estimate of drug-likeness (QED) is 0.0344. The van der Waals surface area contributed by atoms with Gasteiger partial charge in [-0.1, -0.05) is 291 Å². The second-order valence-electron chi connectivity index (χ2n) is 20.8. The van der Waals surface area contributed by atoms with Crippen molar-refractivity contribution in [1.82, 2.24) is 0 Å². The van der Waals surface area contributed by atoms with Crippen LogP contribution in [0.3, 0.4) is 0 Å². The molecule has 0 aliphatic rings. The first-order valence-corrected chi connectivity index (χ1v) is 29.3. The van der Waals surface area contributed by atoms with Gasteiger partial charge in [0, 0.05) is 19.3 Å². The zero-order valence-electron chi connectivity index (χ0n) is 44.6. The normalized spacial score (nSPS) is 12.9. The molecule has 0 aromatic rings. The highest BCUT2D eigenvalue weighted by Crippen LogP contribution is 2.19. The molecule has 6 heteroatoms. The van der Waals surface area contributed by atoms with E-state index >= 15 is 0 Å². The lowest BCUT2D eigenvalue weighted by molar-refractivity contribution is -0.167. The fourth-order valence-corrected chi connectivity index (χ4v) is 8.99. The Balaban J connectivity index is 4.21. The Labute approximate surface area is 406 Å².